The van der Waals surface area contributed by atoms with Gasteiger partial charge in [-0.1, -0.05) is 25.8 Å². The first kappa shape index (κ1) is 9.30. The van der Waals surface area contributed by atoms with Gasteiger partial charge in [-0.05, 0) is 25.2 Å². The summed E-state index contributed by atoms with van der Waals surface area (Å²) >= 11 is 0. The summed E-state index contributed by atoms with van der Waals surface area (Å²) in [4.78, 5) is 10.7. The first-order valence-corrected chi connectivity index (χ1v) is 4.64. The molecule has 0 aromatic rings. The van der Waals surface area contributed by atoms with Crippen molar-refractivity contribution in [1.29, 1.82) is 0 Å². The number of aliphatic carboxylic acids is 1. The Morgan fingerprint density at radius 1 is 1.50 bits per heavy atom. The van der Waals surface area contributed by atoms with Crippen LogP contribution in [0.5, 0.6) is 0 Å². The van der Waals surface area contributed by atoms with Crippen molar-refractivity contribution in [3.05, 3.63) is 11.6 Å². The molecule has 1 unspecified atom stereocenters. The van der Waals surface area contributed by atoms with Crippen LogP contribution in [0.1, 0.15) is 39.0 Å². The Hall–Kier alpha value is -0.790. The van der Waals surface area contributed by atoms with Gasteiger partial charge in [0.05, 0.1) is 0 Å². The molecule has 1 aliphatic rings. The lowest BCUT2D eigenvalue weighted by Gasteiger charge is -2.12. The molecule has 0 aliphatic heterocycles. The highest BCUT2D eigenvalue weighted by atomic mass is 16.4. The lowest BCUT2D eigenvalue weighted by Crippen LogP contribution is -2.05. The molecule has 0 aromatic heterocycles. The lowest BCUT2D eigenvalue weighted by atomic mass is 9.94. The number of hydrogen-bond donors (Lipinski definition) is 1. The minimum absolute atomic E-state index is 0.441. The van der Waals surface area contributed by atoms with Gasteiger partial charge >= 0.3 is 5.97 Å². The molecule has 12 heavy (non-hydrogen) atoms. The first-order valence-electron chi connectivity index (χ1n) is 4.64. The second kappa shape index (κ2) is 4.29. The SMILES string of the molecule is CC1/C=C(/C(=O)O)CCCCC1. The van der Waals surface area contributed by atoms with E-state index in [9.17, 15) is 4.79 Å². The van der Waals surface area contributed by atoms with Crippen LogP contribution in [0, 0.1) is 5.92 Å². The third-order valence-corrected chi connectivity index (χ3v) is 2.37. The van der Waals surface area contributed by atoms with Gasteiger partial charge in [0.25, 0.3) is 0 Å². The molecule has 0 fully saturated rings. The predicted molar refractivity (Wildman–Crippen MR) is 48.0 cm³/mol. The Balaban J connectivity index is 2.65. The molecule has 0 heterocycles. The van der Waals surface area contributed by atoms with Crippen LogP contribution < -0.4 is 0 Å². The van der Waals surface area contributed by atoms with Crippen molar-refractivity contribution in [2.75, 3.05) is 0 Å². The van der Waals surface area contributed by atoms with E-state index < -0.39 is 5.97 Å². The fraction of sp³-hybridized carbons (Fsp3) is 0.700. The van der Waals surface area contributed by atoms with Crippen molar-refractivity contribution in [3.63, 3.8) is 0 Å². The maximum absolute atomic E-state index is 10.7. The molecule has 1 aliphatic carbocycles. The maximum atomic E-state index is 10.7. The van der Waals surface area contributed by atoms with E-state index in [1.54, 1.807) is 0 Å². The lowest BCUT2D eigenvalue weighted by molar-refractivity contribution is -0.132. The highest BCUT2D eigenvalue weighted by Crippen LogP contribution is 2.20. The van der Waals surface area contributed by atoms with E-state index in [1.807, 2.05) is 6.08 Å². The van der Waals surface area contributed by atoms with Crippen LogP contribution >= 0.6 is 0 Å². The highest BCUT2D eigenvalue weighted by Gasteiger charge is 2.11. The summed E-state index contributed by atoms with van der Waals surface area (Å²) < 4.78 is 0. The Labute approximate surface area is 73.3 Å². The normalized spacial score (nSPS) is 29.8. The summed E-state index contributed by atoms with van der Waals surface area (Å²) in [5.74, 6) is -0.292. The largest absolute Gasteiger partial charge is 0.478 e. The second-order valence-electron chi connectivity index (χ2n) is 3.57. The predicted octanol–water partition coefficient (Wildman–Crippen LogP) is 2.60. The zero-order valence-corrected chi connectivity index (χ0v) is 7.55. The molecule has 0 spiro atoms. The molecular weight excluding hydrogens is 152 g/mol. The van der Waals surface area contributed by atoms with Crippen molar-refractivity contribution >= 4 is 5.97 Å². The third kappa shape index (κ3) is 2.68. The zero-order valence-electron chi connectivity index (χ0n) is 7.55. The Morgan fingerprint density at radius 3 is 2.92 bits per heavy atom. The van der Waals surface area contributed by atoms with Crippen LogP contribution in [0.3, 0.4) is 0 Å². The number of hydrogen-bond acceptors (Lipinski definition) is 1. The average Bonchev–Trinajstić information content (AvgIpc) is 1.95. The zero-order chi connectivity index (χ0) is 8.97. The second-order valence-corrected chi connectivity index (χ2v) is 3.57. The average molecular weight is 168 g/mol. The molecule has 1 N–H and O–H groups in total. The van der Waals surface area contributed by atoms with E-state index in [1.165, 1.54) is 12.8 Å². The monoisotopic (exact) mass is 168 g/mol. The molecule has 1 rings (SSSR count). The molecule has 2 nitrogen and oxygen atoms in total. The smallest absolute Gasteiger partial charge is 0.331 e. The van der Waals surface area contributed by atoms with Gasteiger partial charge in [0.1, 0.15) is 0 Å². The van der Waals surface area contributed by atoms with Gasteiger partial charge in [-0.15, -0.1) is 0 Å². The quantitative estimate of drug-likeness (QED) is 0.653. The maximum Gasteiger partial charge on any atom is 0.331 e. The molecule has 1 atom stereocenters. The van der Waals surface area contributed by atoms with Crippen LogP contribution in [-0.4, -0.2) is 11.1 Å². The van der Waals surface area contributed by atoms with E-state index in [2.05, 4.69) is 6.92 Å². The Bertz CT molecular complexity index is 194. The molecule has 0 aromatic carbocycles. The number of allylic oxidation sites excluding steroid dienone is 1. The number of rotatable bonds is 1. The van der Waals surface area contributed by atoms with Crippen LogP contribution in [0.2, 0.25) is 0 Å². The molecule has 2 heteroatoms. The molecule has 0 radical (unpaired) electrons. The molecule has 0 bridgehead atoms. The van der Waals surface area contributed by atoms with E-state index >= 15 is 0 Å². The van der Waals surface area contributed by atoms with E-state index in [0.29, 0.717) is 11.5 Å². The molecular formula is C10H16O2. The van der Waals surface area contributed by atoms with Gasteiger partial charge in [-0.2, -0.15) is 0 Å². The molecule has 0 saturated heterocycles. The first-order chi connectivity index (χ1) is 5.70. The van der Waals surface area contributed by atoms with Crippen LogP contribution in [0.25, 0.3) is 0 Å². The summed E-state index contributed by atoms with van der Waals surface area (Å²) in [6.07, 6.45) is 7.25. The minimum atomic E-state index is -0.733. The van der Waals surface area contributed by atoms with Gasteiger partial charge in [-0.3, -0.25) is 0 Å². The van der Waals surface area contributed by atoms with Crippen LogP contribution in [0.15, 0.2) is 11.6 Å². The Morgan fingerprint density at radius 2 is 2.25 bits per heavy atom. The third-order valence-electron chi connectivity index (χ3n) is 2.37. The fourth-order valence-corrected chi connectivity index (χ4v) is 1.65. The highest BCUT2D eigenvalue weighted by molar-refractivity contribution is 5.86. The van der Waals surface area contributed by atoms with Gasteiger partial charge in [0, 0.05) is 5.57 Å². The molecule has 0 saturated carbocycles. The topological polar surface area (TPSA) is 37.3 Å². The standard InChI is InChI=1S/C10H16O2/c1-8-5-3-2-4-6-9(7-8)10(11)12/h7-8H,2-6H2,1H3,(H,11,12)/b9-7+. The van der Waals surface area contributed by atoms with Crippen LogP contribution in [0.4, 0.5) is 0 Å². The number of carboxylic acid groups (broad SMARTS) is 1. The molecule has 0 amide bonds. The van der Waals surface area contributed by atoms with Crippen molar-refractivity contribution in [2.24, 2.45) is 5.92 Å². The van der Waals surface area contributed by atoms with Crippen molar-refractivity contribution in [2.45, 2.75) is 39.0 Å². The van der Waals surface area contributed by atoms with E-state index in [-0.39, 0.29) is 0 Å². The van der Waals surface area contributed by atoms with Crippen LogP contribution in [-0.2, 0) is 4.79 Å². The summed E-state index contributed by atoms with van der Waals surface area (Å²) in [6, 6.07) is 0. The van der Waals surface area contributed by atoms with Crippen molar-refractivity contribution < 1.29 is 9.90 Å². The summed E-state index contributed by atoms with van der Waals surface area (Å²) in [5, 5.41) is 8.80. The van der Waals surface area contributed by atoms with Gasteiger partial charge in [-0.25, -0.2) is 4.79 Å². The fourth-order valence-electron chi connectivity index (χ4n) is 1.65. The number of carbonyl (C=O) groups is 1. The van der Waals surface area contributed by atoms with E-state index in [0.717, 1.165) is 19.3 Å². The Kier molecular flexibility index (Phi) is 3.32. The summed E-state index contributed by atoms with van der Waals surface area (Å²) in [5.41, 5.74) is 0.613. The molecule has 68 valence electrons. The van der Waals surface area contributed by atoms with Gasteiger partial charge in [0.2, 0.25) is 0 Å². The number of carboxylic acids is 1. The van der Waals surface area contributed by atoms with Gasteiger partial charge < -0.3 is 5.11 Å². The van der Waals surface area contributed by atoms with Crippen molar-refractivity contribution in [1.82, 2.24) is 0 Å². The summed E-state index contributed by atoms with van der Waals surface area (Å²) in [7, 11) is 0. The van der Waals surface area contributed by atoms with Crippen molar-refractivity contribution in [3.8, 4) is 0 Å². The van der Waals surface area contributed by atoms with Gasteiger partial charge in [0.15, 0.2) is 0 Å². The minimum Gasteiger partial charge on any atom is -0.478 e. The van der Waals surface area contributed by atoms with E-state index in [4.69, 9.17) is 5.11 Å². The summed E-state index contributed by atoms with van der Waals surface area (Å²) in [6.45, 7) is 2.09.